The lowest BCUT2D eigenvalue weighted by Crippen LogP contribution is -2.21. The molecule has 0 aliphatic rings. The van der Waals surface area contributed by atoms with Crippen molar-refractivity contribution in [1.29, 1.82) is 0 Å². The van der Waals surface area contributed by atoms with E-state index in [1.807, 2.05) is 24.3 Å². The predicted octanol–water partition coefficient (Wildman–Crippen LogP) is 6.48. The molecule has 0 saturated heterocycles. The Balaban J connectivity index is 2.76. The van der Waals surface area contributed by atoms with Crippen molar-refractivity contribution in [2.75, 3.05) is 11.9 Å². The first-order valence-electron chi connectivity index (χ1n) is 6.38. The molecule has 0 aliphatic heterocycles. The molecule has 1 aromatic rings. The van der Waals surface area contributed by atoms with Crippen LogP contribution in [0.3, 0.4) is 0 Å². The summed E-state index contributed by atoms with van der Waals surface area (Å²) in [4.78, 5) is 12.4. The van der Waals surface area contributed by atoms with Crippen LogP contribution >= 0.6 is 79.6 Å². The van der Waals surface area contributed by atoms with Crippen LogP contribution in [0.2, 0.25) is 0 Å². The maximum Gasteiger partial charge on any atom is 0.313 e. The maximum absolute atomic E-state index is 12.4. The molecule has 118 valence electrons. The van der Waals surface area contributed by atoms with Crippen LogP contribution in [0.1, 0.15) is 30.7 Å². The molecule has 1 rings (SSSR count). The van der Waals surface area contributed by atoms with Crippen LogP contribution in [-0.2, 0) is 9.53 Å². The molecule has 21 heavy (non-hydrogen) atoms. The van der Waals surface area contributed by atoms with E-state index >= 15 is 0 Å². The summed E-state index contributed by atoms with van der Waals surface area (Å²) in [5.74, 6) is -0.429. The summed E-state index contributed by atoms with van der Waals surface area (Å²) in [6, 6.07) is 7.83. The zero-order valence-corrected chi connectivity index (χ0v) is 19.1. The zero-order valence-electron chi connectivity index (χ0n) is 11.1. The second-order valence-electron chi connectivity index (χ2n) is 4.51. The van der Waals surface area contributed by atoms with Crippen molar-refractivity contribution in [2.24, 2.45) is 0 Å². The third-order valence-electron chi connectivity index (χ3n) is 2.81. The van der Waals surface area contributed by atoms with Crippen molar-refractivity contribution in [3.63, 3.8) is 0 Å². The van der Waals surface area contributed by atoms with Gasteiger partial charge in [-0.05, 0) is 30.5 Å². The monoisotopic (exact) mass is 610 g/mol. The number of rotatable bonds is 7. The molecule has 0 radical (unpaired) electrons. The van der Waals surface area contributed by atoms with Gasteiger partial charge in [0, 0.05) is 9.80 Å². The van der Waals surface area contributed by atoms with Gasteiger partial charge in [-0.1, -0.05) is 98.2 Å². The summed E-state index contributed by atoms with van der Waals surface area (Å²) in [6.45, 7) is 0.206. The number of esters is 1. The van der Waals surface area contributed by atoms with E-state index in [0.717, 1.165) is 34.6 Å². The average Bonchev–Trinajstić information content (AvgIpc) is 2.42. The molecule has 0 unspecified atom stereocenters. The summed E-state index contributed by atoms with van der Waals surface area (Å²) in [6.07, 6.45) is 2.80. The number of carbonyl (C=O) groups excluding carboxylic acids is 1. The molecular weight excluding hydrogens is 600 g/mol. The Labute approximate surface area is 167 Å². The summed E-state index contributed by atoms with van der Waals surface area (Å²) < 4.78 is 5.81. The molecule has 0 amide bonds. The molecule has 2 nitrogen and oxygen atoms in total. The normalized spacial score (nSPS) is 13.0. The Bertz CT molecular complexity index is 442. The first-order valence-corrected chi connectivity index (χ1v) is 10.7. The largest absolute Gasteiger partial charge is 0.462 e. The Hall–Kier alpha value is 1.09. The predicted molar refractivity (Wildman–Crippen MR) is 105 cm³/mol. The standard InChI is InChI=1S/C14H15Br5O2/c15-8-2-1-3-12(10-4-6-11(16)7-5-10)13(20)21-9-14(17,18)19/h4-7,12H,1-3,8-9H2/t12-/m0/s1. The van der Waals surface area contributed by atoms with E-state index in [9.17, 15) is 4.79 Å². The number of benzene rings is 1. The Morgan fingerprint density at radius 2 is 1.76 bits per heavy atom. The smallest absolute Gasteiger partial charge is 0.313 e. The van der Waals surface area contributed by atoms with Gasteiger partial charge in [0.2, 0.25) is 0 Å². The molecule has 0 saturated carbocycles. The van der Waals surface area contributed by atoms with Crippen LogP contribution in [-0.4, -0.2) is 20.0 Å². The Morgan fingerprint density at radius 3 is 2.29 bits per heavy atom. The summed E-state index contributed by atoms with van der Waals surface area (Å²) in [5, 5.41) is 0.947. The highest BCUT2D eigenvalue weighted by Gasteiger charge is 2.26. The minimum Gasteiger partial charge on any atom is -0.462 e. The zero-order chi connectivity index (χ0) is 15.9. The van der Waals surface area contributed by atoms with Crippen LogP contribution in [0.25, 0.3) is 0 Å². The van der Waals surface area contributed by atoms with E-state index in [0.29, 0.717) is 0 Å². The molecule has 7 heteroatoms. The lowest BCUT2D eigenvalue weighted by Gasteiger charge is -2.19. The summed E-state index contributed by atoms with van der Waals surface area (Å²) in [5.41, 5.74) is 0.988. The highest BCUT2D eigenvalue weighted by molar-refractivity contribution is 9.39. The second kappa shape index (κ2) is 10.1. The average molecular weight is 615 g/mol. The lowest BCUT2D eigenvalue weighted by molar-refractivity contribution is -0.145. The molecule has 1 atom stereocenters. The molecule has 0 heterocycles. The van der Waals surface area contributed by atoms with Crippen molar-refractivity contribution in [3.8, 4) is 0 Å². The number of halogens is 5. The van der Waals surface area contributed by atoms with Gasteiger partial charge in [0.1, 0.15) is 6.61 Å². The van der Waals surface area contributed by atoms with Gasteiger partial charge in [0.05, 0.1) is 5.92 Å². The molecule has 0 aromatic heterocycles. The van der Waals surface area contributed by atoms with Crippen LogP contribution in [0.15, 0.2) is 28.7 Å². The van der Waals surface area contributed by atoms with E-state index in [-0.39, 0.29) is 18.5 Å². The van der Waals surface area contributed by atoms with Gasteiger partial charge in [0.25, 0.3) is 0 Å². The van der Waals surface area contributed by atoms with Crippen molar-refractivity contribution in [3.05, 3.63) is 34.3 Å². The molecular formula is C14H15Br5O2. The van der Waals surface area contributed by atoms with Crippen LogP contribution < -0.4 is 0 Å². The third kappa shape index (κ3) is 8.49. The number of alkyl halides is 4. The lowest BCUT2D eigenvalue weighted by atomic mass is 9.94. The third-order valence-corrected chi connectivity index (χ3v) is 4.59. The van der Waals surface area contributed by atoms with Crippen molar-refractivity contribution in [2.45, 2.75) is 27.3 Å². The first kappa shape index (κ1) is 20.1. The molecule has 0 bridgehead atoms. The van der Waals surface area contributed by atoms with E-state index in [1.54, 1.807) is 0 Å². The van der Waals surface area contributed by atoms with Crippen LogP contribution in [0, 0.1) is 0 Å². The minimum absolute atomic E-state index is 0.199. The highest BCUT2D eigenvalue weighted by atomic mass is 80.0. The molecule has 0 fully saturated rings. The van der Waals surface area contributed by atoms with Crippen molar-refractivity contribution < 1.29 is 9.53 Å². The molecule has 0 spiro atoms. The second-order valence-corrected chi connectivity index (χ2v) is 13.5. The van der Waals surface area contributed by atoms with Gasteiger partial charge in [-0.2, -0.15) is 0 Å². The SMILES string of the molecule is O=C(OCC(Br)(Br)Br)[C@@H](CCCCBr)c1ccc(Br)cc1. The number of hydrogen-bond acceptors (Lipinski definition) is 2. The number of carbonyl (C=O) groups is 1. The van der Waals surface area contributed by atoms with E-state index in [1.165, 1.54) is 0 Å². The Kier molecular flexibility index (Phi) is 9.64. The molecule has 0 N–H and O–H groups in total. The fourth-order valence-electron chi connectivity index (χ4n) is 1.81. The maximum atomic E-state index is 12.4. The fraction of sp³-hybridized carbons (Fsp3) is 0.500. The quantitative estimate of drug-likeness (QED) is 0.200. The molecule has 1 aromatic carbocycles. The number of hydrogen-bond donors (Lipinski definition) is 0. The van der Waals surface area contributed by atoms with Gasteiger partial charge in [-0.15, -0.1) is 0 Å². The number of ether oxygens (including phenoxy) is 1. The summed E-state index contributed by atoms with van der Waals surface area (Å²) >= 11 is 16.8. The molecule has 0 aliphatic carbocycles. The van der Waals surface area contributed by atoms with E-state index in [2.05, 4.69) is 79.6 Å². The van der Waals surface area contributed by atoms with Gasteiger partial charge in [-0.25, -0.2) is 0 Å². The number of unbranched alkanes of at least 4 members (excludes halogenated alkanes) is 1. The highest BCUT2D eigenvalue weighted by Crippen LogP contribution is 2.34. The minimum atomic E-state index is -0.567. The topological polar surface area (TPSA) is 26.3 Å². The first-order chi connectivity index (χ1) is 9.83. The van der Waals surface area contributed by atoms with Gasteiger partial charge >= 0.3 is 5.97 Å². The fourth-order valence-corrected chi connectivity index (χ4v) is 2.82. The Morgan fingerprint density at radius 1 is 1.14 bits per heavy atom. The van der Waals surface area contributed by atoms with Crippen molar-refractivity contribution in [1.82, 2.24) is 0 Å². The summed E-state index contributed by atoms with van der Waals surface area (Å²) in [7, 11) is 0. The van der Waals surface area contributed by atoms with E-state index in [4.69, 9.17) is 4.74 Å². The van der Waals surface area contributed by atoms with Gasteiger partial charge in [0.15, 0.2) is 2.14 Å². The van der Waals surface area contributed by atoms with Crippen molar-refractivity contribution >= 4 is 85.6 Å². The van der Waals surface area contributed by atoms with E-state index < -0.39 is 2.14 Å². The van der Waals surface area contributed by atoms with Crippen LogP contribution in [0.5, 0.6) is 0 Å². The van der Waals surface area contributed by atoms with Crippen LogP contribution in [0.4, 0.5) is 0 Å². The van der Waals surface area contributed by atoms with Gasteiger partial charge < -0.3 is 4.74 Å². The van der Waals surface area contributed by atoms with Gasteiger partial charge in [-0.3, -0.25) is 4.79 Å².